The van der Waals surface area contributed by atoms with Crippen molar-refractivity contribution in [2.45, 2.75) is 32.2 Å². The van der Waals surface area contributed by atoms with Gasteiger partial charge in [-0.15, -0.1) is 0 Å². The summed E-state index contributed by atoms with van der Waals surface area (Å²) >= 11 is 0. The van der Waals surface area contributed by atoms with E-state index in [-0.39, 0.29) is 11.9 Å². The predicted molar refractivity (Wildman–Crippen MR) is 74.7 cm³/mol. The van der Waals surface area contributed by atoms with Crippen molar-refractivity contribution in [2.75, 3.05) is 5.32 Å². The maximum atomic E-state index is 13.4. The molecule has 2 nitrogen and oxygen atoms in total. The molecule has 19 heavy (non-hydrogen) atoms. The number of rotatable bonds is 2. The van der Waals surface area contributed by atoms with Crippen LogP contribution in [0.5, 0.6) is 0 Å². The van der Waals surface area contributed by atoms with E-state index in [2.05, 4.69) is 16.4 Å². The van der Waals surface area contributed by atoms with Gasteiger partial charge in [0.1, 0.15) is 5.82 Å². The van der Waals surface area contributed by atoms with Gasteiger partial charge >= 0.3 is 0 Å². The number of aryl methyl sites for hydroxylation is 2. The molecule has 0 spiro atoms. The van der Waals surface area contributed by atoms with Crippen LogP contribution in [0, 0.1) is 12.7 Å². The van der Waals surface area contributed by atoms with E-state index >= 15 is 0 Å². The second-order valence-electron chi connectivity index (χ2n) is 5.15. The van der Waals surface area contributed by atoms with Gasteiger partial charge in [0.15, 0.2) is 0 Å². The molecule has 0 aliphatic heterocycles. The van der Waals surface area contributed by atoms with Gasteiger partial charge in [0, 0.05) is 11.9 Å². The number of nitrogens with zero attached hydrogens (tertiary/aromatic N) is 1. The van der Waals surface area contributed by atoms with Gasteiger partial charge in [-0.1, -0.05) is 6.07 Å². The largest absolute Gasteiger partial charge is 0.377 e. The van der Waals surface area contributed by atoms with Crippen LogP contribution in [-0.4, -0.2) is 4.98 Å². The van der Waals surface area contributed by atoms with E-state index in [1.807, 2.05) is 25.3 Å². The Morgan fingerprint density at radius 3 is 3.05 bits per heavy atom. The lowest BCUT2D eigenvalue weighted by atomic mass is 9.91. The molecule has 1 aliphatic carbocycles. The molecule has 1 N–H and O–H groups in total. The number of hydrogen-bond acceptors (Lipinski definition) is 2. The number of aromatic nitrogens is 1. The maximum Gasteiger partial charge on any atom is 0.125 e. The highest BCUT2D eigenvalue weighted by atomic mass is 19.1. The van der Waals surface area contributed by atoms with Crippen LogP contribution in [0.3, 0.4) is 0 Å². The molecule has 98 valence electrons. The SMILES string of the molecule is Cc1cc(F)cc(NC2CCCc3cccnc32)c1. The Morgan fingerprint density at radius 1 is 1.32 bits per heavy atom. The first kappa shape index (κ1) is 12.2. The van der Waals surface area contributed by atoms with E-state index in [9.17, 15) is 4.39 Å². The summed E-state index contributed by atoms with van der Waals surface area (Å²) < 4.78 is 13.4. The van der Waals surface area contributed by atoms with Crippen molar-refractivity contribution in [2.24, 2.45) is 0 Å². The van der Waals surface area contributed by atoms with Crippen molar-refractivity contribution >= 4 is 5.69 Å². The smallest absolute Gasteiger partial charge is 0.125 e. The summed E-state index contributed by atoms with van der Waals surface area (Å²) in [5.74, 6) is -0.195. The van der Waals surface area contributed by atoms with Crippen LogP contribution in [0.15, 0.2) is 36.5 Å². The molecule has 1 aliphatic rings. The first-order chi connectivity index (χ1) is 9.22. The summed E-state index contributed by atoms with van der Waals surface area (Å²) in [6.45, 7) is 1.90. The number of nitrogens with one attached hydrogen (secondary N) is 1. The average molecular weight is 256 g/mol. The zero-order chi connectivity index (χ0) is 13.2. The van der Waals surface area contributed by atoms with Gasteiger partial charge in [-0.3, -0.25) is 4.98 Å². The zero-order valence-electron chi connectivity index (χ0n) is 11.0. The van der Waals surface area contributed by atoms with Gasteiger partial charge in [0.05, 0.1) is 11.7 Å². The fourth-order valence-corrected chi connectivity index (χ4v) is 2.77. The number of benzene rings is 1. The van der Waals surface area contributed by atoms with Crippen LogP contribution < -0.4 is 5.32 Å². The predicted octanol–water partition coefficient (Wildman–Crippen LogP) is 4.02. The summed E-state index contributed by atoms with van der Waals surface area (Å²) in [5, 5.41) is 3.42. The second-order valence-corrected chi connectivity index (χ2v) is 5.15. The molecule has 1 aromatic heterocycles. The molecule has 1 aromatic carbocycles. The molecule has 1 heterocycles. The fourth-order valence-electron chi connectivity index (χ4n) is 2.77. The lowest BCUT2D eigenvalue weighted by molar-refractivity contribution is 0.581. The lowest BCUT2D eigenvalue weighted by Crippen LogP contribution is -2.18. The van der Waals surface area contributed by atoms with Gasteiger partial charge in [0.25, 0.3) is 0 Å². The third-order valence-corrected chi connectivity index (χ3v) is 3.58. The molecular formula is C16H17FN2. The highest BCUT2D eigenvalue weighted by Crippen LogP contribution is 2.31. The Hall–Kier alpha value is -1.90. The monoisotopic (exact) mass is 256 g/mol. The number of pyridine rings is 1. The molecule has 0 saturated carbocycles. The highest BCUT2D eigenvalue weighted by Gasteiger charge is 2.21. The normalized spacial score (nSPS) is 17.9. The third kappa shape index (κ3) is 2.60. The third-order valence-electron chi connectivity index (χ3n) is 3.58. The van der Waals surface area contributed by atoms with E-state index < -0.39 is 0 Å². The van der Waals surface area contributed by atoms with Crippen molar-refractivity contribution in [1.29, 1.82) is 0 Å². The quantitative estimate of drug-likeness (QED) is 0.877. The van der Waals surface area contributed by atoms with Gasteiger partial charge in [-0.2, -0.15) is 0 Å². The van der Waals surface area contributed by atoms with Gasteiger partial charge in [-0.25, -0.2) is 4.39 Å². The minimum absolute atomic E-state index is 0.186. The van der Waals surface area contributed by atoms with Gasteiger partial charge in [0.2, 0.25) is 0 Å². The molecule has 0 fully saturated rings. The van der Waals surface area contributed by atoms with Gasteiger partial charge in [-0.05, 0) is 61.6 Å². The van der Waals surface area contributed by atoms with Crippen molar-refractivity contribution < 1.29 is 4.39 Å². The number of fused-ring (bicyclic) bond motifs is 1. The summed E-state index contributed by atoms with van der Waals surface area (Å²) in [6, 6.07) is 9.36. The Morgan fingerprint density at radius 2 is 2.21 bits per heavy atom. The van der Waals surface area contributed by atoms with Crippen LogP contribution in [0.25, 0.3) is 0 Å². The van der Waals surface area contributed by atoms with E-state index in [1.54, 1.807) is 6.07 Å². The Labute approximate surface area is 112 Å². The molecule has 0 saturated heterocycles. The first-order valence-electron chi connectivity index (χ1n) is 6.70. The maximum absolute atomic E-state index is 13.4. The fraction of sp³-hybridized carbons (Fsp3) is 0.312. The van der Waals surface area contributed by atoms with E-state index in [1.165, 1.54) is 11.6 Å². The molecule has 3 heteroatoms. The minimum Gasteiger partial charge on any atom is -0.377 e. The Bertz CT molecular complexity index is 575. The summed E-state index contributed by atoms with van der Waals surface area (Å²) in [6.07, 6.45) is 5.10. The summed E-state index contributed by atoms with van der Waals surface area (Å²) in [4.78, 5) is 4.49. The van der Waals surface area contributed by atoms with Crippen molar-refractivity contribution in [3.05, 3.63) is 59.2 Å². The molecular weight excluding hydrogens is 239 g/mol. The molecule has 0 bridgehead atoms. The summed E-state index contributed by atoms with van der Waals surface area (Å²) in [5.41, 5.74) is 4.18. The van der Waals surface area contributed by atoms with Crippen LogP contribution in [0.2, 0.25) is 0 Å². The molecule has 1 atom stereocenters. The number of anilines is 1. The van der Waals surface area contributed by atoms with E-state index in [0.29, 0.717) is 0 Å². The zero-order valence-corrected chi connectivity index (χ0v) is 11.0. The van der Waals surface area contributed by atoms with Crippen LogP contribution in [-0.2, 0) is 6.42 Å². The molecule has 0 amide bonds. The van der Waals surface area contributed by atoms with Crippen molar-refractivity contribution in [1.82, 2.24) is 4.98 Å². The van der Waals surface area contributed by atoms with Crippen molar-refractivity contribution in [3.63, 3.8) is 0 Å². The van der Waals surface area contributed by atoms with Gasteiger partial charge < -0.3 is 5.32 Å². The van der Waals surface area contributed by atoms with Crippen LogP contribution >= 0.6 is 0 Å². The number of halogens is 1. The Balaban J connectivity index is 1.88. The standard InChI is InChI=1S/C16H17FN2/c1-11-8-13(17)10-14(9-11)19-15-6-2-4-12-5-3-7-18-16(12)15/h3,5,7-10,15,19H,2,4,6H2,1H3. The lowest BCUT2D eigenvalue weighted by Gasteiger charge is -2.26. The molecule has 1 unspecified atom stereocenters. The topological polar surface area (TPSA) is 24.9 Å². The Kier molecular flexibility index (Phi) is 3.20. The number of hydrogen-bond donors (Lipinski definition) is 1. The minimum atomic E-state index is -0.195. The molecule has 0 radical (unpaired) electrons. The van der Waals surface area contributed by atoms with Crippen LogP contribution in [0.1, 0.15) is 35.7 Å². The van der Waals surface area contributed by atoms with E-state index in [4.69, 9.17) is 0 Å². The molecule has 2 aromatic rings. The molecule has 3 rings (SSSR count). The van der Waals surface area contributed by atoms with E-state index in [0.717, 1.165) is 36.2 Å². The van der Waals surface area contributed by atoms with Crippen LogP contribution in [0.4, 0.5) is 10.1 Å². The summed E-state index contributed by atoms with van der Waals surface area (Å²) in [7, 11) is 0. The first-order valence-corrected chi connectivity index (χ1v) is 6.70. The van der Waals surface area contributed by atoms with Crippen molar-refractivity contribution in [3.8, 4) is 0 Å². The second kappa shape index (κ2) is 5.00. The average Bonchev–Trinajstić information content (AvgIpc) is 2.38. The highest BCUT2D eigenvalue weighted by molar-refractivity contribution is 5.48.